The van der Waals surface area contributed by atoms with Gasteiger partial charge in [-0.15, -0.1) is 10.2 Å². The van der Waals surface area contributed by atoms with Crippen LogP contribution in [-0.4, -0.2) is 26.4 Å². The molecule has 6 nitrogen and oxygen atoms in total. The minimum Gasteiger partial charge on any atom is -0.483 e. The third-order valence-corrected chi connectivity index (χ3v) is 6.00. The fourth-order valence-electron chi connectivity index (χ4n) is 2.78. The monoisotopic (exact) mass is 464 g/mol. The van der Waals surface area contributed by atoms with Crippen molar-refractivity contribution >= 4 is 46.6 Å². The molecule has 3 rings (SSSR count). The molecule has 3 aromatic rings. The summed E-state index contributed by atoms with van der Waals surface area (Å²) < 4.78 is 7.96. The summed E-state index contributed by atoms with van der Waals surface area (Å²) >= 11 is 13.2. The normalized spacial score (nSPS) is 11.9. The van der Waals surface area contributed by atoms with Gasteiger partial charge in [-0.05, 0) is 51.1 Å². The molecule has 1 amide bonds. The van der Waals surface area contributed by atoms with Crippen LogP contribution in [0.4, 0.5) is 5.69 Å². The molecule has 0 saturated carbocycles. The Labute approximate surface area is 189 Å². The Morgan fingerprint density at radius 1 is 1.17 bits per heavy atom. The summed E-state index contributed by atoms with van der Waals surface area (Å²) in [4.78, 5) is 12.3. The Kier molecular flexibility index (Phi) is 7.64. The summed E-state index contributed by atoms with van der Waals surface area (Å²) in [5.74, 6) is 1.50. The SMILES string of the molecule is CCn1c(SCC(=O)Nc2ccc(Cl)c(Cl)c2)nnc1C(C)Oc1ccc(C)cc1. The number of aromatic nitrogens is 3. The highest BCUT2D eigenvalue weighted by Gasteiger charge is 2.19. The maximum absolute atomic E-state index is 12.3. The predicted octanol–water partition coefficient (Wildman–Crippen LogP) is 5.78. The zero-order chi connectivity index (χ0) is 21.7. The number of nitrogens with one attached hydrogen (secondary N) is 1. The van der Waals surface area contributed by atoms with Crippen LogP contribution in [0.25, 0.3) is 0 Å². The first kappa shape index (κ1) is 22.5. The van der Waals surface area contributed by atoms with Gasteiger partial charge in [-0.3, -0.25) is 4.79 Å². The molecule has 0 bridgehead atoms. The van der Waals surface area contributed by atoms with Crippen LogP contribution in [0.1, 0.15) is 31.3 Å². The van der Waals surface area contributed by atoms with Gasteiger partial charge in [-0.1, -0.05) is 52.7 Å². The van der Waals surface area contributed by atoms with Gasteiger partial charge >= 0.3 is 0 Å². The Morgan fingerprint density at radius 3 is 2.57 bits per heavy atom. The van der Waals surface area contributed by atoms with Gasteiger partial charge in [0.1, 0.15) is 5.75 Å². The third kappa shape index (κ3) is 5.68. The Bertz CT molecular complexity index is 1020. The van der Waals surface area contributed by atoms with Crippen LogP contribution in [0.2, 0.25) is 10.0 Å². The first-order valence-corrected chi connectivity index (χ1v) is 11.2. The maximum Gasteiger partial charge on any atom is 0.234 e. The number of aryl methyl sites for hydroxylation is 1. The highest BCUT2D eigenvalue weighted by atomic mass is 35.5. The minimum absolute atomic E-state index is 0.172. The summed E-state index contributed by atoms with van der Waals surface area (Å²) in [5, 5.41) is 12.8. The molecule has 2 aromatic carbocycles. The molecule has 9 heteroatoms. The molecule has 0 aliphatic rings. The molecule has 1 heterocycles. The molecule has 1 unspecified atom stereocenters. The number of benzene rings is 2. The lowest BCUT2D eigenvalue weighted by molar-refractivity contribution is -0.113. The van der Waals surface area contributed by atoms with Crippen LogP contribution in [-0.2, 0) is 11.3 Å². The van der Waals surface area contributed by atoms with E-state index in [4.69, 9.17) is 27.9 Å². The lowest BCUT2D eigenvalue weighted by atomic mass is 10.2. The highest BCUT2D eigenvalue weighted by molar-refractivity contribution is 7.99. The second kappa shape index (κ2) is 10.2. The maximum atomic E-state index is 12.3. The number of anilines is 1. The number of ether oxygens (including phenoxy) is 1. The molecular formula is C21H22Cl2N4O2S. The molecule has 0 aliphatic heterocycles. The van der Waals surface area contributed by atoms with Crippen LogP contribution in [0, 0.1) is 6.92 Å². The van der Waals surface area contributed by atoms with Crippen molar-refractivity contribution in [1.82, 2.24) is 14.8 Å². The smallest absolute Gasteiger partial charge is 0.234 e. The van der Waals surface area contributed by atoms with Crippen LogP contribution in [0.5, 0.6) is 5.75 Å². The van der Waals surface area contributed by atoms with E-state index in [2.05, 4.69) is 15.5 Å². The minimum atomic E-state index is -0.278. The number of carbonyl (C=O) groups is 1. The van der Waals surface area contributed by atoms with Crippen molar-refractivity contribution in [2.24, 2.45) is 0 Å². The van der Waals surface area contributed by atoms with Crippen molar-refractivity contribution in [1.29, 1.82) is 0 Å². The van der Waals surface area contributed by atoms with E-state index in [0.717, 1.165) is 5.75 Å². The second-order valence-electron chi connectivity index (χ2n) is 6.62. The van der Waals surface area contributed by atoms with Crippen LogP contribution < -0.4 is 10.1 Å². The summed E-state index contributed by atoms with van der Waals surface area (Å²) in [5.41, 5.74) is 1.76. The van der Waals surface area contributed by atoms with E-state index in [9.17, 15) is 4.79 Å². The van der Waals surface area contributed by atoms with Gasteiger partial charge in [0.25, 0.3) is 0 Å². The van der Waals surface area contributed by atoms with E-state index in [1.807, 2.05) is 49.6 Å². The molecule has 1 aromatic heterocycles. The number of hydrogen-bond acceptors (Lipinski definition) is 5. The summed E-state index contributed by atoms with van der Waals surface area (Å²) in [6.45, 7) is 6.63. The summed E-state index contributed by atoms with van der Waals surface area (Å²) in [7, 11) is 0. The Morgan fingerprint density at radius 2 is 1.90 bits per heavy atom. The lowest BCUT2D eigenvalue weighted by Crippen LogP contribution is -2.15. The van der Waals surface area contributed by atoms with Crippen molar-refractivity contribution in [3.05, 3.63) is 63.9 Å². The van der Waals surface area contributed by atoms with Gasteiger partial charge in [-0.2, -0.15) is 0 Å². The van der Waals surface area contributed by atoms with Gasteiger partial charge in [-0.25, -0.2) is 0 Å². The number of carbonyl (C=O) groups excluding carboxylic acids is 1. The molecule has 0 spiro atoms. The van der Waals surface area contributed by atoms with E-state index in [0.29, 0.717) is 33.3 Å². The molecule has 0 saturated heterocycles. The van der Waals surface area contributed by atoms with E-state index < -0.39 is 0 Å². The van der Waals surface area contributed by atoms with E-state index in [-0.39, 0.29) is 17.8 Å². The van der Waals surface area contributed by atoms with E-state index in [1.165, 1.54) is 17.3 Å². The second-order valence-corrected chi connectivity index (χ2v) is 8.38. The number of hydrogen-bond donors (Lipinski definition) is 1. The zero-order valence-electron chi connectivity index (χ0n) is 16.9. The molecule has 158 valence electrons. The number of amides is 1. The number of rotatable bonds is 8. The average molecular weight is 465 g/mol. The average Bonchev–Trinajstić information content (AvgIpc) is 3.14. The quantitative estimate of drug-likeness (QED) is 0.427. The van der Waals surface area contributed by atoms with Crippen LogP contribution >= 0.6 is 35.0 Å². The van der Waals surface area contributed by atoms with Gasteiger partial charge in [0.2, 0.25) is 5.91 Å². The highest BCUT2D eigenvalue weighted by Crippen LogP contribution is 2.27. The van der Waals surface area contributed by atoms with E-state index in [1.54, 1.807) is 18.2 Å². The molecule has 1 N–H and O–H groups in total. The standard InChI is InChI=1S/C21H22Cl2N4O2S/c1-4-27-20(14(3)29-16-8-5-13(2)6-9-16)25-26-21(27)30-12-19(28)24-15-7-10-17(22)18(23)11-15/h5-11,14H,4,12H2,1-3H3,(H,24,28). The van der Waals surface area contributed by atoms with Gasteiger partial charge < -0.3 is 14.6 Å². The largest absolute Gasteiger partial charge is 0.483 e. The van der Waals surface area contributed by atoms with Gasteiger partial charge in [0.15, 0.2) is 17.1 Å². The molecule has 0 radical (unpaired) electrons. The van der Waals surface area contributed by atoms with Crippen LogP contribution in [0.15, 0.2) is 47.6 Å². The number of nitrogens with zero attached hydrogens (tertiary/aromatic N) is 3. The number of halogens is 2. The van der Waals surface area contributed by atoms with Crippen molar-refractivity contribution in [3.8, 4) is 5.75 Å². The Balaban J connectivity index is 1.62. The Hall–Kier alpha value is -2.22. The fraction of sp³-hybridized carbons (Fsp3) is 0.286. The van der Waals surface area contributed by atoms with Crippen molar-refractivity contribution in [3.63, 3.8) is 0 Å². The van der Waals surface area contributed by atoms with Crippen molar-refractivity contribution in [2.75, 3.05) is 11.1 Å². The van der Waals surface area contributed by atoms with Crippen LogP contribution in [0.3, 0.4) is 0 Å². The molecule has 0 aliphatic carbocycles. The zero-order valence-corrected chi connectivity index (χ0v) is 19.2. The van der Waals surface area contributed by atoms with Gasteiger partial charge in [0, 0.05) is 12.2 Å². The first-order chi connectivity index (χ1) is 14.4. The molecule has 1 atom stereocenters. The van der Waals surface area contributed by atoms with Crippen molar-refractivity contribution in [2.45, 2.75) is 38.6 Å². The first-order valence-electron chi connectivity index (χ1n) is 9.41. The summed E-state index contributed by atoms with van der Waals surface area (Å²) in [6.07, 6.45) is -0.278. The predicted molar refractivity (Wildman–Crippen MR) is 122 cm³/mol. The van der Waals surface area contributed by atoms with E-state index >= 15 is 0 Å². The van der Waals surface area contributed by atoms with Gasteiger partial charge in [0.05, 0.1) is 15.8 Å². The summed E-state index contributed by atoms with van der Waals surface area (Å²) in [6, 6.07) is 12.8. The topological polar surface area (TPSA) is 69.0 Å². The third-order valence-electron chi connectivity index (χ3n) is 4.29. The number of thioether (sulfide) groups is 1. The molecular weight excluding hydrogens is 443 g/mol. The lowest BCUT2D eigenvalue weighted by Gasteiger charge is -2.15. The molecule has 0 fully saturated rings. The van der Waals surface area contributed by atoms with Crippen molar-refractivity contribution < 1.29 is 9.53 Å². The molecule has 30 heavy (non-hydrogen) atoms. The fourth-order valence-corrected chi connectivity index (χ4v) is 3.89.